The first kappa shape index (κ1) is 22.4. The fourth-order valence-electron chi connectivity index (χ4n) is 3.96. The molecule has 3 aromatic heterocycles. The lowest BCUT2D eigenvalue weighted by molar-refractivity contribution is 0.327. The zero-order chi connectivity index (χ0) is 23.7. The molecule has 1 saturated heterocycles. The Labute approximate surface area is 197 Å². The van der Waals surface area contributed by atoms with E-state index in [4.69, 9.17) is 4.42 Å². The summed E-state index contributed by atoms with van der Waals surface area (Å²) in [5, 5.41) is 13.1. The molecule has 1 aliphatic heterocycles. The number of rotatable bonds is 7. The standard InChI is InChI=1S/C22H24FN7O3S/c1-2-28-9-3-10-29(34(28)32)11-8-25-21-24-7-6-17(26-21)20-19(27-22-30(20)12-13-33-22)15-4-5-16(23)18(31)14-15/h4-7,12-14,31H,2-3,8-11H2,1H3,(H,24,25,26). The fourth-order valence-corrected chi connectivity index (χ4v) is 5.33. The lowest BCUT2D eigenvalue weighted by atomic mass is 10.1. The van der Waals surface area contributed by atoms with Crippen molar-refractivity contribution in [2.75, 3.05) is 38.0 Å². The van der Waals surface area contributed by atoms with Gasteiger partial charge < -0.3 is 14.8 Å². The van der Waals surface area contributed by atoms with Crippen LogP contribution < -0.4 is 5.32 Å². The van der Waals surface area contributed by atoms with E-state index in [-0.39, 0.29) is 0 Å². The van der Waals surface area contributed by atoms with Gasteiger partial charge in [-0.2, -0.15) is 4.98 Å². The van der Waals surface area contributed by atoms with Crippen LogP contribution in [0, 0.1) is 5.82 Å². The van der Waals surface area contributed by atoms with Crippen LogP contribution in [0.5, 0.6) is 5.75 Å². The van der Waals surface area contributed by atoms with Gasteiger partial charge in [0.1, 0.15) is 17.7 Å². The number of aromatic nitrogens is 4. The molecule has 4 heterocycles. The van der Waals surface area contributed by atoms with E-state index < -0.39 is 22.7 Å². The fraction of sp³-hybridized carbons (Fsp3) is 0.318. The smallest absolute Gasteiger partial charge is 0.306 e. The number of phenolic OH excluding ortho intramolecular Hbond substituents is 1. The molecule has 0 amide bonds. The summed E-state index contributed by atoms with van der Waals surface area (Å²) in [4.78, 5) is 13.4. The largest absolute Gasteiger partial charge is 0.505 e. The van der Waals surface area contributed by atoms with Crippen molar-refractivity contribution in [2.45, 2.75) is 13.3 Å². The number of imidazole rings is 1. The topological polar surface area (TPSA) is 112 Å². The van der Waals surface area contributed by atoms with Gasteiger partial charge in [-0.1, -0.05) is 6.92 Å². The van der Waals surface area contributed by atoms with Crippen LogP contribution in [-0.2, 0) is 11.2 Å². The average Bonchev–Trinajstić information content (AvgIpc) is 3.44. The Bertz CT molecular complexity index is 1340. The molecule has 0 bridgehead atoms. The summed E-state index contributed by atoms with van der Waals surface area (Å²) in [6, 6.07) is 5.79. The summed E-state index contributed by atoms with van der Waals surface area (Å²) < 4.78 is 37.2. The Morgan fingerprint density at radius 2 is 2.09 bits per heavy atom. The van der Waals surface area contributed by atoms with Crippen LogP contribution in [0.2, 0.25) is 0 Å². The Morgan fingerprint density at radius 3 is 2.91 bits per heavy atom. The highest BCUT2D eigenvalue weighted by Crippen LogP contribution is 2.34. The van der Waals surface area contributed by atoms with Gasteiger partial charge in [-0.25, -0.2) is 27.2 Å². The zero-order valence-electron chi connectivity index (χ0n) is 18.5. The summed E-state index contributed by atoms with van der Waals surface area (Å²) in [5.41, 5.74) is 2.21. The number of hydrogen-bond acceptors (Lipinski definition) is 7. The molecule has 0 saturated carbocycles. The Morgan fingerprint density at radius 1 is 1.24 bits per heavy atom. The zero-order valence-corrected chi connectivity index (χ0v) is 19.3. The van der Waals surface area contributed by atoms with Gasteiger partial charge in [0, 0.05) is 50.7 Å². The number of anilines is 1. The first-order valence-corrected chi connectivity index (χ1v) is 12.0. The van der Waals surface area contributed by atoms with Gasteiger partial charge in [0.15, 0.2) is 22.7 Å². The lowest BCUT2D eigenvalue weighted by Crippen LogP contribution is -2.46. The van der Waals surface area contributed by atoms with E-state index in [1.807, 2.05) is 15.5 Å². The van der Waals surface area contributed by atoms with Gasteiger partial charge in [-0.15, -0.1) is 0 Å². The Kier molecular flexibility index (Phi) is 6.26. The van der Waals surface area contributed by atoms with Crippen LogP contribution in [0.15, 0.2) is 47.3 Å². The molecule has 1 atom stereocenters. The molecule has 178 valence electrons. The summed E-state index contributed by atoms with van der Waals surface area (Å²) >= 11 is -1.12. The number of halogens is 1. The second kappa shape index (κ2) is 9.49. The van der Waals surface area contributed by atoms with Crippen LogP contribution >= 0.6 is 0 Å². The van der Waals surface area contributed by atoms with Gasteiger partial charge >= 0.3 is 5.84 Å². The van der Waals surface area contributed by atoms with Gasteiger partial charge in [-0.05, 0) is 30.7 Å². The van der Waals surface area contributed by atoms with Crippen LogP contribution in [0.25, 0.3) is 28.5 Å². The molecule has 1 aromatic carbocycles. The van der Waals surface area contributed by atoms with Crippen molar-refractivity contribution in [1.29, 1.82) is 0 Å². The highest BCUT2D eigenvalue weighted by molar-refractivity contribution is 7.80. The molecular formula is C22H24FN7O3S. The molecule has 0 spiro atoms. The summed E-state index contributed by atoms with van der Waals surface area (Å²) in [6.45, 7) is 5.51. The number of hydrogen-bond donors (Lipinski definition) is 2. The molecule has 34 heavy (non-hydrogen) atoms. The highest BCUT2D eigenvalue weighted by atomic mass is 32.2. The summed E-state index contributed by atoms with van der Waals surface area (Å²) in [6.07, 6.45) is 5.84. The molecule has 12 heteroatoms. The van der Waals surface area contributed by atoms with Gasteiger partial charge in [0.2, 0.25) is 5.95 Å². The maximum atomic E-state index is 13.6. The normalized spacial score (nSPS) is 17.4. The number of aromatic hydroxyl groups is 1. The molecule has 1 aliphatic rings. The number of fused-ring (bicyclic) bond motifs is 1. The second-order valence-corrected chi connectivity index (χ2v) is 9.25. The van der Waals surface area contributed by atoms with E-state index in [0.717, 1.165) is 26.1 Å². The van der Waals surface area contributed by atoms with Gasteiger partial charge in [0.25, 0.3) is 0 Å². The summed E-state index contributed by atoms with van der Waals surface area (Å²) in [7, 11) is 0. The van der Waals surface area contributed by atoms with Crippen molar-refractivity contribution in [1.82, 2.24) is 28.0 Å². The number of benzene rings is 1. The molecule has 4 aromatic rings. The summed E-state index contributed by atoms with van der Waals surface area (Å²) in [5.74, 6) is -0.415. The number of phenols is 1. The molecule has 5 rings (SSSR count). The van der Waals surface area contributed by atoms with E-state index >= 15 is 0 Å². The number of nitrogens with zero attached hydrogens (tertiary/aromatic N) is 6. The maximum Gasteiger partial charge on any atom is 0.306 e. The quantitative estimate of drug-likeness (QED) is 0.414. The minimum atomic E-state index is -1.12. The monoisotopic (exact) mass is 485 g/mol. The van der Waals surface area contributed by atoms with Crippen molar-refractivity contribution in [3.63, 3.8) is 0 Å². The van der Waals surface area contributed by atoms with Crippen LogP contribution in [0.3, 0.4) is 0 Å². The van der Waals surface area contributed by atoms with Gasteiger partial charge in [0.05, 0.1) is 5.69 Å². The van der Waals surface area contributed by atoms with Crippen molar-refractivity contribution < 1.29 is 18.1 Å². The van der Waals surface area contributed by atoms with Crippen LogP contribution in [-0.4, -0.2) is 70.0 Å². The van der Waals surface area contributed by atoms with Crippen molar-refractivity contribution >= 4 is 23.0 Å². The predicted octanol–water partition coefficient (Wildman–Crippen LogP) is 2.91. The minimum absolute atomic E-state index is 0.343. The molecular weight excluding hydrogens is 461 g/mol. The first-order valence-electron chi connectivity index (χ1n) is 11.0. The lowest BCUT2D eigenvalue weighted by Gasteiger charge is -2.32. The molecule has 10 nitrogen and oxygen atoms in total. The SMILES string of the molecule is CCN1CCCN(CCNc2nccc(-c3c(-c4ccc(F)c(O)c4)nc4occn34)n2)S1=O. The third-order valence-electron chi connectivity index (χ3n) is 5.63. The molecule has 0 aliphatic carbocycles. The van der Waals surface area contributed by atoms with E-state index in [0.29, 0.717) is 47.5 Å². The Hall–Kier alpha value is -3.35. The third-order valence-corrected chi connectivity index (χ3v) is 7.32. The van der Waals surface area contributed by atoms with E-state index in [1.165, 1.54) is 18.4 Å². The van der Waals surface area contributed by atoms with Gasteiger partial charge in [-0.3, -0.25) is 4.40 Å². The second-order valence-electron chi connectivity index (χ2n) is 7.76. The molecule has 1 unspecified atom stereocenters. The molecule has 2 N–H and O–H groups in total. The Balaban J connectivity index is 1.39. The minimum Gasteiger partial charge on any atom is -0.505 e. The molecule has 1 fully saturated rings. The maximum absolute atomic E-state index is 13.6. The van der Waals surface area contributed by atoms with Crippen molar-refractivity contribution in [3.05, 3.63) is 48.7 Å². The van der Waals surface area contributed by atoms with Crippen molar-refractivity contribution in [3.8, 4) is 28.4 Å². The first-order chi connectivity index (χ1) is 16.5. The van der Waals surface area contributed by atoms with Crippen LogP contribution in [0.4, 0.5) is 10.3 Å². The predicted molar refractivity (Wildman–Crippen MR) is 126 cm³/mol. The number of oxazole rings is 1. The van der Waals surface area contributed by atoms with E-state index in [1.54, 1.807) is 28.9 Å². The average molecular weight is 486 g/mol. The highest BCUT2D eigenvalue weighted by Gasteiger charge is 2.24. The van der Waals surface area contributed by atoms with Crippen LogP contribution in [0.1, 0.15) is 13.3 Å². The van der Waals surface area contributed by atoms with E-state index in [2.05, 4.69) is 20.3 Å². The number of nitrogens with one attached hydrogen (secondary N) is 1. The third kappa shape index (κ3) is 4.27. The van der Waals surface area contributed by atoms with E-state index in [9.17, 15) is 13.7 Å². The van der Waals surface area contributed by atoms with Crippen molar-refractivity contribution in [2.24, 2.45) is 0 Å². The molecule has 0 radical (unpaired) electrons.